The number of hydrogen-bond acceptors (Lipinski definition) is 3. The molecule has 1 aromatic carbocycles. The van der Waals surface area contributed by atoms with Gasteiger partial charge in [0.25, 0.3) is 5.91 Å². The average molecular weight is 249 g/mol. The van der Waals surface area contributed by atoms with E-state index in [-0.39, 0.29) is 11.3 Å². The number of hydrogen-bond donors (Lipinski definition) is 2. The monoisotopic (exact) mass is 249 g/mol. The summed E-state index contributed by atoms with van der Waals surface area (Å²) < 4.78 is 26.7. The molecule has 6 heteroatoms. The van der Waals surface area contributed by atoms with Crippen LogP contribution in [-0.2, 0) is 0 Å². The maximum absolute atomic E-state index is 13.3. The summed E-state index contributed by atoms with van der Waals surface area (Å²) in [5.41, 5.74) is 5.27. The van der Waals surface area contributed by atoms with Gasteiger partial charge in [0, 0.05) is 6.20 Å². The number of rotatable bonds is 2. The Balaban J connectivity index is 2.30. The Morgan fingerprint density at radius 2 is 1.89 bits per heavy atom. The second-order valence-corrected chi connectivity index (χ2v) is 3.51. The molecule has 0 atom stereocenters. The van der Waals surface area contributed by atoms with E-state index < -0.39 is 23.2 Å². The van der Waals surface area contributed by atoms with Crippen LogP contribution in [0, 0.1) is 11.6 Å². The first-order chi connectivity index (χ1) is 8.59. The lowest BCUT2D eigenvalue weighted by Gasteiger charge is -2.08. The molecule has 0 bridgehead atoms. The number of carbonyl (C=O) groups excluding carboxylic acids is 1. The molecule has 0 radical (unpaired) electrons. The summed E-state index contributed by atoms with van der Waals surface area (Å²) in [7, 11) is 0. The first-order valence-electron chi connectivity index (χ1n) is 5.04. The quantitative estimate of drug-likeness (QED) is 0.857. The van der Waals surface area contributed by atoms with Crippen molar-refractivity contribution in [2.75, 3.05) is 11.1 Å². The topological polar surface area (TPSA) is 68.0 Å². The molecule has 0 aliphatic rings. The third-order valence-electron chi connectivity index (χ3n) is 2.30. The third-order valence-corrected chi connectivity index (χ3v) is 2.30. The lowest BCUT2D eigenvalue weighted by Crippen LogP contribution is -2.16. The maximum atomic E-state index is 13.3. The van der Waals surface area contributed by atoms with Gasteiger partial charge < -0.3 is 11.1 Å². The Morgan fingerprint density at radius 3 is 2.50 bits per heavy atom. The Kier molecular flexibility index (Phi) is 3.18. The van der Waals surface area contributed by atoms with Crippen molar-refractivity contribution in [1.29, 1.82) is 0 Å². The number of nitrogen functional groups attached to an aromatic ring is 1. The van der Waals surface area contributed by atoms with Crippen LogP contribution in [0.2, 0.25) is 0 Å². The maximum Gasteiger partial charge on any atom is 0.258 e. The lowest BCUT2D eigenvalue weighted by atomic mass is 10.2. The van der Waals surface area contributed by atoms with Crippen molar-refractivity contribution in [3.63, 3.8) is 0 Å². The minimum absolute atomic E-state index is 0.104. The van der Waals surface area contributed by atoms with Gasteiger partial charge in [-0.3, -0.25) is 9.78 Å². The summed E-state index contributed by atoms with van der Waals surface area (Å²) in [6, 6.07) is 4.67. The fourth-order valence-electron chi connectivity index (χ4n) is 1.41. The minimum Gasteiger partial charge on any atom is -0.397 e. The van der Waals surface area contributed by atoms with Gasteiger partial charge in [-0.1, -0.05) is 6.07 Å². The zero-order valence-electron chi connectivity index (χ0n) is 9.15. The predicted octanol–water partition coefficient (Wildman–Crippen LogP) is 2.19. The minimum atomic E-state index is -0.851. The normalized spacial score (nSPS) is 10.1. The first kappa shape index (κ1) is 12.0. The van der Waals surface area contributed by atoms with Crippen molar-refractivity contribution in [3.05, 3.63) is 53.9 Å². The van der Waals surface area contributed by atoms with Gasteiger partial charge in [-0.2, -0.15) is 0 Å². The number of nitrogens with two attached hydrogens (primary N) is 1. The average Bonchev–Trinajstić information content (AvgIpc) is 2.34. The van der Waals surface area contributed by atoms with Crippen molar-refractivity contribution in [3.8, 4) is 0 Å². The second kappa shape index (κ2) is 4.79. The molecule has 0 saturated heterocycles. The molecule has 0 fully saturated rings. The van der Waals surface area contributed by atoms with Crippen LogP contribution in [0.1, 0.15) is 10.4 Å². The number of nitrogens with one attached hydrogen (secondary N) is 1. The molecular weight excluding hydrogens is 240 g/mol. The number of para-hydroxylation sites is 1. The van der Waals surface area contributed by atoms with Gasteiger partial charge in [-0.15, -0.1) is 0 Å². The van der Waals surface area contributed by atoms with E-state index >= 15 is 0 Å². The van der Waals surface area contributed by atoms with Crippen LogP contribution >= 0.6 is 0 Å². The number of nitrogens with zero attached hydrogens (tertiary/aromatic N) is 1. The molecule has 3 N–H and O–H groups in total. The van der Waals surface area contributed by atoms with Crippen LogP contribution in [-0.4, -0.2) is 10.9 Å². The van der Waals surface area contributed by atoms with E-state index in [4.69, 9.17) is 5.73 Å². The summed E-state index contributed by atoms with van der Waals surface area (Å²) in [6.07, 6.45) is 2.65. The van der Waals surface area contributed by atoms with E-state index in [1.807, 2.05) is 0 Å². The molecule has 18 heavy (non-hydrogen) atoms. The van der Waals surface area contributed by atoms with E-state index in [1.54, 1.807) is 0 Å². The van der Waals surface area contributed by atoms with Crippen molar-refractivity contribution in [2.24, 2.45) is 0 Å². The Bertz CT molecular complexity index is 581. The van der Waals surface area contributed by atoms with Crippen LogP contribution in [0.25, 0.3) is 0 Å². The smallest absolute Gasteiger partial charge is 0.258 e. The molecule has 0 aliphatic carbocycles. The molecule has 1 aromatic heterocycles. The standard InChI is InChI=1S/C12H9F2N3O/c13-8-2-1-3-9(14)11(8)17-12(18)7-4-5-16-6-10(7)15/h1-6H,15H2,(H,17,18). The highest BCUT2D eigenvalue weighted by Gasteiger charge is 2.14. The van der Waals surface area contributed by atoms with E-state index in [0.29, 0.717) is 0 Å². The van der Waals surface area contributed by atoms with Gasteiger partial charge in [0.05, 0.1) is 17.4 Å². The van der Waals surface area contributed by atoms with Crippen LogP contribution < -0.4 is 11.1 Å². The van der Waals surface area contributed by atoms with Crippen molar-refractivity contribution < 1.29 is 13.6 Å². The Morgan fingerprint density at radius 1 is 1.22 bits per heavy atom. The van der Waals surface area contributed by atoms with Gasteiger partial charge in [0.15, 0.2) is 0 Å². The highest BCUT2D eigenvalue weighted by molar-refractivity contribution is 6.07. The second-order valence-electron chi connectivity index (χ2n) is 3.51. The first-order valence-corrected chi connectivity index (χ1v) is 5.04. The lowest BCUT2D eigenvalue weighted by molar-refractivity contribution is 0.102. The molecular formula is C12H9F2N3O. The van der Waals surface area contributed by atoms with Gasteiger partial charge in [-0.25, -0.2) is 8.78 Å². The highest BCUT2D eigenvalue weighted by Crippen LogP contribution is 2.20. The number of carbonyl (C=O) groups is 1. The number of benzene rings is 1. The summed E-state index contributed by atoms with van der Waals surface area (Å²) in [6.45, 7) is 0. The van der Waals surface area contributed by atoms with E-state index in [2.05, 4.69) is 10.3 Å². The van der Waals surface area contributed by atoms with Gasteiger partial charge in [0.2, 0.25) is 0 Å². The number of amides is 1. The van der Waals surface area contributed by atoms with Crippen molar-refractivity contribution in [2.45, 2.75) is 0 Å². The van der Waals surface area contributed by atoms with Gasteiger partial charge >= 0.3 is 0 Å². The van der Waals surface area contributed by atoms with Crippen LogP contribution in [0.3, 0.4) is 0 Å². The number of aromatic nitrogens is 1. The molecule has 92 valence electrons. The predicted molar refractivity (Wildman–Crippen MR) is 63.0 cm³/mol. The SMILES string of the molecule is Nc1cnccc1C(=O)Nc1c(F)cccc1F. The molecule has 1 amide bonds. The largest absolute Gasteiger partial charge is 0.397 e. The third kappa shape index (κ3) is 2.27. The molecule has 1 heterocycles. The summed E-state index contributed by atoms with van der Waals surface area (Å²) >= 11 is 0. The zero-order chi connectivity index (χ0) is 13.1. The Hall–Kier alpha value is -2.50. The molecule has 0 spiro atoms. The summed E-state index contributed by atoms with van der Waals surface area (Å²) in [4.78, 5) is 15.5. The Labute approximate surface area is 101 Å². The highest BCUT2D eigenvalue weighted by atomic mass is 19.1. The van der Waals surface area contributed by atoms with Crippen LogP contribution in [0.4, 0.5) is 20.2 Å². The molecule has 0 unspecified atom stereocenters. The molecule has 0 aliphatic heterocycles. The van der Waals surface area contributed by atoms with Crippen LogP contribution in [0.15, 0.2) is 36.7 Å². The number of halogens is 2. The number of anilines is 2. The van der Waals surface area contributed by atoms with Crippen molar-refractivity contribution in [1.82, 2.24) is 4.98 Å². The fourth-order valence-corrected chi connectivity index (χ4v) is 1.41. The van der Waals surface area contributed by atoms with Gasteiger partial charge in [-0.05, 0) is 18.2 Å². The molecule has 2 aromatic rings. The van der Waals surface area contributed by atoms with E-state index in [0.717, 1.165) is 12.1 Å². The summed E-state index contributed by atoms with van der Waals surface area (Å²) in [5.74, 6) is -2.40. The molecule has 4 nitrogen and oxygen atoms in total. The zero-order valence-corrected chi connectivity index (χ0v) is 9.15. The van der Waals surface area contributed by atoms with Crippen LogP contribution in [0.5, 0.6) is 0 Å². The van der Waals surface area contributed by atoms with E-state index in [9.17, 15) is 13.6 Å². The summed E-state index contributed by atoms with van der Waals surface area (Å²) in [5, 5.41) is 2.14. The van der Waals surface area contributed by atoms with E-state index in [1.165, 1.54) is 24.5 Å². The van der Waals surface area contributed by atoms with Gasteiger partial charge in [0.1, 0.15) is 17.3 Å². The molecule has 2 rings (SSSR count). The van der Waals surface area contributed by atoms with Crippen molar-refractivity contribution >= 4 is 17.3 Å². The number of pyridine rings is 1. The molecule has 0 saturated carbocycles. The fraction of sp³-hybridized carbons (Fsp3) is 0.